The van der Waals surface area contributed by atoms with Gasteiger partial charge in [0.2, 0.25) is 11.9 Å². The first kappa shape index (κ1) is 12.0. The second-order valence-corrected chi connectivity index (χ2v) is 4.15. The average Bonchev–Trinajstić information content (AvgIpc) is 2.95. The van der Waals surface area contributed by atoms with Crippen molar-refractivity contribution in [2.24, 2.45) is 0 Å². The molecule has 8 heteroatoms. The Bertz CT molecular complexity index is 705. The Morgan fingerprint density at radius 2 is 1.90 bits per heavy atom. The molecule has 0 radical (unpaired) electrons. The maximum atomic E-state index is 5.68. The summed E-state index contributed by atoms with van der Waals surface area (Å²) in [6.45, 7) is 2.02. The highest BCUT2D eigenvalue weighted by Gasteiger charge is 2.07. The van der Waals surface area contributed by atoms with Crippen LogP contribution < -0.4 is 11.1 Å². The number of aromatic nitrogens is 6. The highest BCUT2D eigenvalue weighted by Crippen LogP contribution is 2.14. The van der Waals surface area contributed by atoms with Crippen LogP contribution in [0.3, 0.4) is 0 Å². The lowest BCUT2D eigenvalue weighted by Gasteiger charge is -2.07. The summed E-state index contributed by atoms with van der Waals surface area (Å²) in [6, 6.07) is 7.85. The van der Waals surface area contributed by atoms with Crippen molar-refractivity contribution in [3.63, 3.8) is 0 Å². The van der Waals surface area contributed by atoms with Crippen LogP contribution in [0.4, 0.5) is 17.6 Å². The quantitative estimate of drug-likeness (QED) is 0.731. The molecule has 0 unspecified atom stereocenters. The van der Waals surface area contributed by atoms with Crippen molar-refractivity contribution in [2.45, 2.75) is 6.92 Å². The van der Waals surface area contributed by atoms with Gasteiger partial charge in [-0.2, -0.15) is 24.7 Å². The van der Waals surface area contributed by atoms with Gasteiger partial charge >= 0.3 is 0 Å². The summed E-state index contributed by atoms with van der Waals surface area (Å²) in [5.74, 6) is 0.775. The van der Waals surface area contributed by atoms with E-state index < -0.39 is 0 Å². The molecular weight excluding hydrogens is 256 g/mol. The van der Waals surface area contributed by atoms with Crippen LogP contribution in [0.5, 0.6) is 0 Å². The summed E-state index contributed by atoms with van der Waals surface area (Å²) in [7, 11) is 0. The Morgan fingerprint density at radius 3 is 2.60 bits per heavy atom. The van der Waals surface area contributed by atoms with Crippen LogP contribution in [0, 0.1) is 6.92 Å². The van der Waals surface area contributed by atoms with Gasteiger partial charge in [0.25, 0.3) is 5.95 Å². The molecule has 8 nitrogen and oxygen atoms in total. The minimum Gasteiger partial charge on any atom is -0.368 e. The Balaban J connectivity index is 1.92. The van der Waals surface area contributed by atoms with E-state index in [1.807, 2.05) is 31.2 Å². The molecule has 0 bridgehead atoms. The molecule has 100 valence electrons. The lowest BCUT2D eigenvalue weighted by molar-refractivity contribution is 0.800. The first-order chi connectivity index (χ1) is 9.70. The van der Waals surface area contributed by atoms with Crippen molar-refractivity contribution in [1.29, 1.82) is 0 Å². The number of nitrogens with two attached hydrogens (primary N) is 1. The second kappa shape index (κ2) is 4.92. The number of nitrogens with one attached hydrogen (secondary N) is 1. The van der Waals surface area contributed by atoms with E-state index >= 15 is 0 Å². The number of nitrogens with zero attached hydrogens (tertiary/aromatic N) is 6. The molecule has 2 heterocycles. The molecule has 0 amide bonds. The van der Waals surface area contributed by atoms with Gasteiger partial charge in [-0.3, -0.25) is 0 Å². The minimum absolute atomic E-state index is 0.111. The molecule has 3 aromatic rings. The van der Waals surface area contributed by atoms with Gasteiger partial charge in [-0.1, -0.05) is 17.7 Å². The fourth-order valence-electron chi connectivity index (χ4n) is 1.62. The van der Waals surface area contributed by atoms with Crippen LogP contribution in [-0.2, 0) is 0 Å². The van der Waals surface area contributed by atoms with E-state index in [0.717, 1.165) is 5.69 Å². The predicted octanol–water partition coefficient (Wildman–Crippen LogP) is 1.09. The maximum Gasteiger partial charge on any atom is 0.258 e. The monoisotopic (exact) mass is 268 g/mol. The predicted molar refractivity (Wildman–Crippen MR) is 73.6 cm³/mol. The topological polar surface area (TPSA) is 107 Å². The molecule has 3 N–H and O–H groups in total. The summed E-state index contributed by atoms with van der Waals surface area (Å²) < 4.78 is 1.42. The van der Waals surface area contributed by atoms with Gasteiger partial charge in [0, 0.05) is 5.69 Å². The van der Waals surface area contributed by atoms with Crippen LogP contribution >= 0.6 is 0 Å². The maximum absolute atomic E-state index is 5.68. The minimum atomic E-state index is 0.111. The molecule has 20 heavy (non-hydrogen) atoms. The zero-order valence-corrected chi connectivity index (χ0v) is 10.7. The molecule has 0 saturated carbocycles. The van der Waals surface area contributed by atoms with E-state index in [0.29, 0.717) is 11.9 Å². The number of nitrogen functional groups attached to an aromatic ring is 1. The third-order valence-electron chi connectivity index (χ3n) is 2.57. The molecule has 0 aliphatic heterocycles. The van der Waals surface area contributed by atoms with Crippen molar-refractivity contribution >= 4 is 17.6 Å². The third kappa shape index (κ3) is 2.53. The highest BCUT2D eigenvalue weighted by atomic mass is 15.4. The summed E-state index contributed by atoms with van der Waals surface area (Å²) in [5.41, 5.74) is 7.72. The van der Waals surface area contributed by atoms with E-state index in [-0.39, 0.29) is 5.95 Å². The number of hydrogen-bond donors (Lipinski definition) is 2. The molecular formula is C12H12N8. The second-order valence-electron chi connectivity index (χ2n) is 4.15. The van der Waals surface area contributed by atoms with Crippen molar-refractivity contribution in [3.05, 3.63) is 42.5 Å². The molecule has 1 aromatic carbocycles. The zero-order valence-electron chi connectivity index (χ0n) is 10.7. The number of aryl methyl sites for hydroxylation is 1. The van der Waals surface area contributed by atoms with Crippen LogP contribution in [0.15, 0.2) is 36.9 Å². The van der Waals surface area contributed by atoms with E-state index in [1.165, 1.54) is 22.9 Å². The Morgan fingerprint density at radius 1 is 1.10 bits per heavy atom. The summed E-state index contributed by atoms with van der Waals surface area (Å²) in [4.78, 5) is 16.1. The lowest BCUT2D eigenvalue weighted by atomic mass is 10.2. The van der Waals surface area contributed by atoms with Gasteiger partial charge in [0.15, 0.2) is 0 Å². The summed E-state index contributed by atoms with van der Waals surface area (Å²) in [5, 5.41) is 7.03. The first-order valence-corrected chi connectivity index (χ1v) is 5.91. The molecule has 0 aliphatic carbocycles. The van der Waals surface area contributed by atoms with Gasteiger partial charge < -0.3 is 11.1 Å². The van der Waals surface area contributed by atoms with Gasteiger partial charge in [0.05, 0.1) is 0 Å². The van der Waals surface area contributed by atoms with E-state index in [4.69, 9.17) is 5.73 Å². The number of anilines is 3. The van der Waals surface area contributed by atoms with Crippen LogP contribution in [-0.4, -0.2) is 29.7 Å². The van der Waals surface area contributed by atoms with Gasteiger partial charge in [0.1, 0.15) is 12.7 Å². The standard InChI is InChI=1S/C12H12N8/c1-8-2-4-9(5-3-8)16-11-17-10(13)18-12(19-11)20-7-14-6-15-20/h2-7H,1H3,(H3,13,16,17,18,19). The number of benzene rings is 1. The molecule has 0 aliphatic rings. The third-order valence-corrected chi connectivity index (χ3v) is 2.57. The Hall–Kier alpha value is -3.03. The molecule has 0 fully saturated rings. The molecule has 3 rings (SSSR count). The van der Waals surface area contributed by atoms with Gasteiger partial charge in [-0.05, 0) is 19.1 Å². The molecule has 0 saturated heterocycles. The largest absolute Gasteiger partial charge is 0.368 e. The van der Waals surface area contributed by atoms with Crippen LogP contribution in [0.25, 0.3) is 5.95 Å². The summed E-state index contributed by atoms with van der Waals surface area (Å²) >= 11 is 0. The van der Waals surface area contributed by atoms with E-state index in [1.54, 1.807) is 0 Å². The SMILES string of the molecule is Cc1ccc(Nc2nc(N)nc(-n3cncn3)n2)cc1. The summed E-state index contributed by atoms with van der Waals surface area (Å²) in [6.07, 6.45) is 2.89. The molecule has 0 atom stereocenters. The number of hydrogen-bond acceptors (Lipinski definition) is 7. The van der Waals surface area contributed by atoms with Crippen molar-refractivity contribution < 1.29 is 0 Å². The van der Waals surface area contributed by atoms with Crippen molar-refractivity contribution in [1.82, 2.24) is 29.7 Å². The zero-order chi connectivity index (χ0) is 13.9. The smallest absolute Gasteiger partial charge is 0.258 e. The van der Waals surface area contributed by atoms with E-state index in [2.05, 4.69) is 30.4 Å². The van der Waals surface area contributed by atoms with Crippen molar-refractivity contribution in [3.8, 4) is 5.95 Å². The van der Waals surface area contributed by atoms with Crippen LogP contribution in [0.1, 0.15) is 5.56 Å². The molecule has 2 aromatic heterocycles. The first-order valence-electron chi connectivity index (χ1n) is 5.91. The van der Waals surface area contributed by atoms with Crippen LogP contribution in [0.2, 0.25) is 0 Å². The average molecular weight is 268 g/mol. The molecule has 0 spiro atoms. The number of rotatable bonds is 3. The lowest BCUT2D eigenvalue weighted by Crippen LogP contribution is -2.09. The fraction of sp³-hybridized carbons (Fsp3) is 0.0833. The van der Waals surface area contributed by atoms with E-state index in [9.17, 15) is 0 Å². The van der Waals surface area contributed by atoms with Crippen molar-refractivity contribution in [2.75, 3.05) is 11.1 Å². The van der Waals surface area contributed by atoms with Gasteiger partial charge in [-0.15, -0.1) is 0 Å². The fourth-order valence-corrected chi connectivity index (χ4v) is 1.62. The van der Waals surface area contributed by atoms with Gasteiger partial charge in [-0.25, -0.2) is 4.98 Å². The Labute approximate surface area is 114 Å². The Kier molecular flexibility index (Phi) is 2.96. The normalized spacial score (nSPS) is 10.4. The highest BCUT2D eigenvalue weighted by molar-refractivity contribution is 5.54.